The first kappa shape index (κ1) is 18.1. The molecule has 1 aliphatic carbocycles. The molecule has 8 nitrogen and oxygen atoms in total. The third kappa shape index (κ3) is 3.25. The van der Waals surface area contributed by atoms with Gasteiger partial charge in [-0.1, -0.05) is 12.1 Å². The highest BCUT2D eigenvalue weighted by Crippen LogP contribution is 2.42. The van der Waals surface area contributed by atoms with Crippen molar-refractivity contribution < 1.29 is 4.39 Å². The quantitative estimate of drug-likeness (QED) is 0.415. The van der Waals surface area contributed by atoms with Crippen LogP contribution in [0.4, 0.5) is 4.39 Å². The van der Waals surface area contributed by atoms with Crippen LogP contribution in [0.1, 0.15) is 18.9 Å². The van der Waals surface area contributed by atoms with Crippen molar-refractivity contribution in [1.29, 1.82) is 0 Å². The molecular formula is C21H15FN8S. The molecule has 1 aromatic carbocycles. The number of hydrogen-bond donors (Lipinski definition) is 0. The Hall–Kier alpha value is -3.66. The summed E-state index contributed by atoms with van der Waals surface area (Å²) in [5.74, 6) is 0.789. The second-order valence-electron chi connectivity index (χ2n) is 7.20. The molecule has 0 atom stereocenters. The fraction of sp³-hybridized carbons (Fsp3) is 0.143. The Morgan fingerprint density at radius 2 is 1.77 bits per heavy atom. The van der Waals surface area contributed by atoms with Crippen molar-refractivity contribution in [1.82, 2.24) is 39.6 Å². The van der Waals surface area contributed by atoms with Gasteiger partial charge in [-0.15, -0.1) is 20.4 Å². The third-order valence-corrected chi connectivity index (χ3v) is 5.93. The Morgan fingerprint density at radius 3 is 2.58 bits per heavy atom. The van der Waals surface area contributed by atoms with E-state index in [4.69, 9.17) is 0 Å². The molecule has 1 fully saturated rings. The monoisotopic (exact) mass is 430 g/mol. The van der Waals surface area contributed by atoms with Gasteiger partial charge in [0.15, 0.2) is 22.5 Å². The number of rotatable bonds is 5. The van der Waals surface area contributed by atoms with Crippen LogP contribution in [0.25, 0.3) is 28.4 Å². The van der Waals surface area contributed by atoms with Crippen molar-refractivity contribution in [2.24, 2.45) is 0 Å². The summed E-state index contributed by atoms with van der Waals surface area (Å²) in [6.07, 6.45) is 5.71. The molecule has 4 heterocycles. The van der Waals surface area contributed by atoms with E-state index in [0.29, 0.717) is 28.1 Å². The predicted octanol–water partition coefficient (Wildman–Crippen LogP) is 4.07. The molecule has 0 N–H and O–H groups in total. The van der Waals surface area contributed by atoms with Crippen LogP contribution in [0.2, 0.25) is 0 Å². The maximum atomic E-state index is 14.3. The largest absolute Gasteiger partial charge is 0.299 e. The maximum absolute atomic E-state index is 14.3. The highest BCUT2D eigenvalue weighted by atomic mass is 32.2. The van der Waals surface area contributed by atoms with Crippen LogP contribution in [0.5, 0.6) is 0 Å². The lowest BCUT2D eigenvalue weighted by Crippen LogP contribution is -2.01. The molecule has 0 spiro atoms. The van der Waals surface area contributed by atoms with E-state index in [-0.39, 0.29) is 5.82 Å². The van der Waals surface area contributed by atoms with Crippen LogP contribution in [0, 0.1) is 5.82 Å². The molecule has 1 aliphatic rings. The average Bonchev–Trinajstić information content (AvgIpc) is 3.42. The van der Waals surface area contributed by atoms with Crippen LogP contribution < -0.4 is 0 Å². The summed E-state index contributed by atoms with van der Waals surface area (Å²) >= 11 is 1.41. The molecule has 0 unspecified atom stereocenters. The Morgan fingerprint density at radius 1 is 0.903 bits per heavy atom. The summed E-state index contributed by atoms with van der Waals surface area (Å²) in [6.45, 7) is 0. The topological polar surface area (TPSA) is 86.7 Å². The van der Waals surface area contributed by atoms with E-state index in [1.807, 2.05) is 24.3 Å². The van der Waals surface area contributed by atoms with E-state index in [1.54, 1.807) is 35.1 Å². The molecule has 10 heteroatoms. The van der Waals surface area contributed by atoms with Gasteiger partial charge < -0.3 is 0 Å². The second-order valence-corrected chi connectivity index (χ2v) is 8.18. The van der Waals surface area contributed by atoms with Crippen molar-refractivity contribution in [2.45, 2.75) is 29.1 Å². The lowest BCUT2D eigenvalue weighted by Gasteiger charge is -2.08. The zero-order valence-corrected chi connectivity index (χ0v) is 16.9. The summed E-state index contributed by atoms with van der Waals surface area (Å²) < 4.78 is 18.0. The molecule has 0 bridgehead atoms. The fourth-order valence-electron chi connectivity index (χ4n) is 3.43. The number of benzene rings is 1. The van der Waals surface area contributed by atoms with Crippen LogP contribution >= 0.6 is 11.8 Å². The molecule has 0 radical (unpaired) electrons. The molecule has 0 saturated heterocycles. The van der Waals surface area contributed by atoms with Gasteiger partial charge in [-0.3, -0.25) is 9.55 Å². The molecule has 1 saturated carbocycles. The number of hydrogen-bond acceptors (Lipinski definition) is 7. The van der Waals surface area contributed by atoms with Gasteiger partial charge in [0.05, 0.1) is 5.56 Å². The first-order valence-corrected chi connectivity index (χ1v) is 10.6. The van der Waals surface area contributed by atoms with Crippen molar-refractivity contribution in [2.75, 3.05) is 0 Å². The van der Waals surface area contributed by atoms with Crippen molar-refractivity contribution >= 4 is 17.4 Å². The molecule has 0 aliphatic heterocycles. The SMILES string of the molecule is Fc1ccccc1-c1nnc2ccc(Sc3nnc(-c4cccnc4)n3C3CC3)nn12. The van der Waals surface area contributed by atoms with E-state index < -0.39 is 0 Å². The molecule has 0 amide bonds. The standard InChI is InChI=1S/C21H15FN8S/c22-16-6-2-1-5-15(16)20-26-24-17-9-10-18(28-30(17)20)31-21-27-25-19(29(21)14-7-8-14)13-4-3-11-23-12-13/h1-6,9-12,14H,7-8H2. The maximum Gasteiger partial charge on any atom is 0.198 e. The van der Waals surface area contributed by atoms with E-state index in [0.717, 1.165) is 29.4 Å². The Balaban J connectivity index is 1.40. The number of fused-ring (bicyclic) bond motifs is 1. The van der Waals surface area contributed by atoms with Gasteiger partial charge in [-0.2, -0.15) is 9.61 Å². The predicted molar refractivity (Wildman–Crippen MR) is 112 cm³/mol. The van der Waals surface area contributed by atoms with Crippen LogP contribution in [0.3, 0.4) is 0 Å². The smallest absolute Gasteiger partial charge is 0.198 e. The van der Waals surface area contributed by atoms with Crippen LogP contribution in [-0.4, -0.2) is 39.6 Å². The van der Waals surface area contributed by atoms with Gasteiger partial charge >= 0.3 is 0 Å². The minimum atomic E-state index is -0.369. The normalized spacial score (nSPS) is 13.7. The molecule has 6 rings (SSSR count). The molecule has 31 heavy (non-hydrogen) atoms. The lowest BCUT2D eigenvalue weighted by atomic mass is 10.2. The lowest BCUT2D eigenvalue weighted by molar-refractivity contribution is 0.628. The first-order chi connectivity index (χ1) is 15.3. The average molecular weight is 430 g/mol. The van der Waals surface area contributed by atoms with E-state index in [2.05, 4.69) is 35.0 Å². The highest BCUT2D eigenvalue weighted by Gasteiger charge is 2.30. The van der Waals surface area contributed by atoms with Gasteiger partial charge in [0.2, 0.25) is 0 Å². The first-order valence-electron chi connectivity index (χ1n) is 9.78. The minimum Gasteiger partial charge on any atom is -0.299 e. The molecular weight excluding hydrogens is 415 g/mol. The van der Waals surface area contributed by atoms with Gasteiger partial charge in [0, 0.05) is 24.0 Å². The molecule has 5 aromatic rings. The zero-order chi connectivity index (χ0) is 20.8. The summed E-state index contributed by atoms with van der Waals surface area (Å²) in [5, 5.41) is 23.2. The molecule has 4 aromatic heterocycles. The highest BCUT2D eigenvalue weighted by molar-refractivity contribution is 7.99. The van der Waals surface area contributed by atoms with Crippen molar-refractivity contribution in [3.8, 4) is 22.8 Å². The summed E-state index contributed by atoms with van der Waals surface area (Å²) in [7, 11) is 0. The van der Waals surface area contributed by atoms with E-state index >= 15 is 0 Å². The van der Waals surface area contributed by atoms with E-state index in [9.17, 15) is 4.39 Å². The van der Waals surface area contributed by atoms with E-state index in [1.165, 1.54) is 17.8 Å². The Bertz CT molecular complexity index is 1390. The fourth-order valence-corrected chi connectivity index (χ4v) is 4.29. The third-order valence-electron chi connectivity index (χ3n) is 5.05. The summed E-state index contributed by atoms with van der Waals surface area (Å²) in [6, 6.07) is 14.4. The minimum absolute atomic E-state index is 0.352. The van der Waals surface area contributed by atoms with Gasteiger partial charge in [0.25, 0.3) is 0 Å². The van der Waals surface area contributed by atoms with Gasteiger partial charge in [-0.25, -0.2) is 4.39 Å². The van der Waals surface area contributed by atoms with Crippen molar-refractivity contribution in [3.05, 3.63) is 66.7 Å². The zero-order valence-electron chi connectivity index (χ0n) is 16.1. The number of nitrogens with zero attached hydrogens (tertiary/aromatic N) is 8. The van der Waals surface area contributed by atoms with Gasteiger partial charge in [0.1, 0.15) is 10.8 Å². The Kier molecular flexibility index (Phi) is 4.23. The summed E-state index contributed by atoms with van der Waals surface area (Å²) in [5.41, 5.74) is 1.82. The number of pyridine rings is 1. The van der Waals surface area contributed by atoms with Crippen LogP contribution in [-0.2, 0) is 0 Å². The van der Waals surface area contributed by atoms with Crippen molar-refractivity contribution in [3.63, 3.8) is 0 Å². The Labute approximate surface area is 180 Å². The molecule has 152 valence electrons. The number of aromatic nitrogens is 8. The van der Waals surface area contributed by atoms with Crippen LogP contribution in [0.15, 0.2) is 71.1 Å². The summed E-state index contributed by atoms with van der Waals surface area (Å²) in [4.78, 5) is 4.20. The number of halogens is 1. The second kappa shape index (κ2) is 7.24. The van der Waals surface area contributed by atoms with Gasteiger partial charge in [-0.05, 0) is 61.0 Å².